The topological polar surface area (TPSA) is 52.6 Å². The Morgan fingerprint density at radius 2 is 1.13 bits per heavy atom. The second kappa shape index (κ2) is 22.1. The van der Waals surface area contributed by atoms with Gasteiger partial charge in [-0.15, -0.1) is 0 Å². The lowest BCUT2D eigenvalue weighted by atomic mass is 10.0. The minimum Gasteiger partial charge on any atom is -0.462 e. The first-order valence-electron chi connectivity index (χ1n) is 11.9. The maximum atomic E-state index is 11.1. The Bertz CT molecular complexity index is 468. The maximum Gasteiger partial charge on any atom is 0.333 e. The van der Waals surface area contributed by atoms with Crippen LogP contribution >= 0.6 is 0 Å². The van der Waals surface area contributed by atoms with E-state index in [0.717, 1.165) is 19.3 Å². The van der Waals surface area contributed by atoms with Crippen molar-refractivity contribution in [2.75, 3.05) is 13.2 Å². The zero-order valence-corrected chi connectivity index (χ0v) is 20.5. The largest absolute Gasteiger partial charge is 0.462 e. The van der Waals surface area contributed by atoms with Gasteiger partial charge in [0.25, 0.3) is 0 Å². The molecule has 0 aliphatic rings. The van der Waals surface area contributed by atoms with Gasteiger partial charge in [0.15, 0.2) is 0 Å². The van der Waals surface area contributed by atoms with E-state index in [9.17, 15) is 9.59 Å². The van der Waals surface area contributed by atoms with Crippen LogP contribution in [0.1, 0.15) is 112 Å². The molecule has 176 valence electrons. The van der Waals surface area contributed by atoms with Crippen LogP contribution < -0.4 is 0 Å². The summed E-state index contributed by atoms with van der Waals surface area (Å²) in [6, 6.07) is 0. The third-order valence-electron chi connectivity index (χ3n) is 4.73. The molecule has 0 spiro atoms. The van der Waals surface area contributed by atoms with Gasteiger partial charge in [-0.2, -0.15) is 0 Å². The Kier molecular flexibility index (Phi) is 22.6. The van der Waals surface area contributed by atoms with Crippen molar-refractivity contribution in [3.05, 3.63) is 24.3 Å². The van der Waals surface area contributed by atoms with Crippen LogP contribution in [0.4, 0.5) is 0 Å². The molecule has 1 atom stereocenters. The molecule has 0 aliphatic carbocycles. The average molecular weight is 425 g/mol. The highest BCUT2D eigenvalue weighted by Crippen LogP contribution is 2.11. The monoisotopic (exact) mass is 424 g/mol. The van der Waals surface area contributed by atoms with E-state index in [-0.39, 0.29) is 11.9 Å². The van der Waals surface area contributed by atoms with Gasteiger partial charge in [-0.25, -0.2) is 9.59 Å². The van der Waals surface area contributed by atoms with E-state index in [4.69, 9.17) is 9.47 Å². The minimum atomic E-state index is -0.268. The highest BCUT2D eigenvalue weighted by molar-refractivity contribution is 5.87. The van der Waals surface area contributed by atoms with Crippen LogP contribution in [-0.4, -0.2) is 25.2 Å². The van der Waals surface area contributed by atoms with E-state index in [1.165, 1.54) is 57.8 Å². The predicted octanol–water partition coefficient (Wildman–Crippen LogP) is 7.57. The summed E-state index contributed by atoms with van der Waals surface area (Å²) in [6.07, 6.45) is 14.9. The second-order valence-electron chi connectivity index (χ2n) is 8.37. The van der Waals surface area contributed by atoms with Gasteiger partial charge in [0, 0.05) is 11.1 Å². The average Bonchev–Trinajstić information content (AvgIpc) is 2.71. The Morgan fingerprint density at radius 1 is 0.700 bits per heavy atom. The van der Waals surface area contributed by atoms with Crippen LogP contribution in [0.3, 0.4) is 0 Å². The van der Waals surface area contributed by atoms with E-state index in [1.54, 1.807) is 13.8 Å². The second-order valence-corrected chi connectivity index (χ2v) is 8.37. The number of rotatable bonds is 17. The molecule has 0 aliphatic heterocycles. The molecule has 30 heavy (non-hydrogen) atoms. The van der Waals surface area contributed by atoms with Gasteiger partial charge in [-0.05, 0) is 32.6 Å². The molecular formula is C26H48O4. The van der Waals surface area contributed by atoms with Gasteiger partial charge in [-0.1, -0.05) is 98.1 Å². The van der Waals surface area contributed by atoms with Crippen molar-refractivity contribution in [3.8, 4) is 0 Å². The molecule has 0 saturated carbocycles. The minimum absolute atomic E-state index is 0.263. The van der Waals surface area contributed by atoms with Crippen molar-refractivity contribution >= 4 is 11.9 Å². The molecule has 0 fully saturated rings. The number of carbonyl (C=O) groups is 2. The summed E-state index contributed by atoms with van der Waals surface area (Å²) in [4.78, 5) is 22.1. The van der Waals surface area contributed by atoms with Crippen molar-refractivity contribution in [2.45, 2.75) is 112 Å². The SMILES string of the molecule is C=C(C)C(=O)OCC(C)CCCCCC.C=C(C)C(=O)OCCCCCCCCC. The van der Waals surface area contributed by atoms with Gasteiger partial charge in [-0.3, -0.25) is 0 Å². The van der Waals surface area contributed by atoms with E-state index in [2.05, 4.69) is 33.9 Å². The van der Waals surface area contributed by atoms with Gasteiger partial charge in [0.05, 0.1) is 13.2 Å². The van der Waals surface area contributed by atoms with E-state index in [0.29, 0.717) is 30.3 Å². The number of ether oxygens (including phenoxy) is 2. The van der Waals surface area contributed by atoms with E-state index < -0.39 is 0 Å². The third kappa shape index (κ3) is 22.7. The summed E-state index contributed by atoms with van der Waals surface area (Å²) in [5, 5.41) is 0. The van der Waals surface area contributed by atoms with Crippen molar-refractivity contribution in [1.82, 2.24) is 0 Å². The van der Waals surface area contributed by atoms with Gasteiger partial charge in [0.2, 0.25) is 0 Å². The van der Waals surface area contributed by atoms with E-state index >= 15 is 0 Å². The van der Waals surface area contributed by atoms with Crippen LogP contribution in [0.5, 0.6) is 0 Å². The predicted molar refractivity (Wildman–Crippen MR) is 127 cm³/mol. The molecule has 0 heterocycles. The van der Waals surface area contributed by atoms with Gasteiger partial charge >= 0.3 is 11.9 Å². The molecule has 4 nitrogen and oxygen atoms in total. The van der Waals surface area contributed by atoms with Crippen molar-refractivity contribution < 1.29 is 19.1 Å². The first-order valence-corrected chi connectivity index (χ1v) is 11.9. The summed E-state index contributed by atoms with van der Waals surface area (Å²) in [5.74, 6) is -0.0680. The first kappa shape index (κ1) is 30.6. The van der Waals surface area contributed by atoms with Crippen LogP contribution in [0.15, 0.2) is 24.3 Å². The maximum absolute atomic E-state index is 11.1. The number of hydrogen-bond donors (Lipinski definition) is 0. The molecule has 1 unspecified atom stereocenters. The lowest BCUT2D eigenvalue weighted by molar-refractivity contribution is -0.140. The van der Waals surface area contributed by atoms with Crippen LogP contribution in [0, 0.1) is 5.92 Å². The molecule has 0 aromatic heterocycles. The number of unbranched alkanes of at least 4 members (excludes halogenated alkanes) is 9. The normalized spacial score (nSPS) is 11.1. The Morgan fingerprint density at radius 3 is 1.63 bits per heavy atom. The fourth-order valence-corrected chi connectivity index (χ4v) is 2.69. The highest BCUT2D eigenvalue weighted by atomic mass is 16.5. The van der Waals surface area contributed by atoms with Crippen molar-refractivity contribution in [3.63, 3.8) is 0 Å². The Balaban J connectivity index is 0. The number of carbonyl (C=O) groups excluding carboxylic acids is 2. The summed E-state index contributed by atoms with van der Waals surface area (Å²) in [5.41, 5.74) is 0.964. The molecule has 0 bridgehead atoms. The first-order chi connectivity index (χ1) is 14.3. The summed E-state index contributed by atoms with van der Waals surface area (Å²) in [7, 11) is 0. The number of esters is 2. The smallest absolute Gasteiger partial charge is 0.333 e. The fraction of sp³-hybridized carbons (Fsp3) is 0.769. The molecular weight excluding hydrogens is 376 g/mol. The fourth-order valence-electron chi connectivity index (χ4n) is 2.69. The summed E-state index contributed by atoms with van der Waals surface area (Å²) >= 11 is 0. The van der Waals surface area contributed by atoms with Crippen LogP contribution in [0.25, 0.3) is 0 Å². The zero-order valence-electron chi connectivity index (χ0n) is 20.5. The summed E-state index contributed by atoms with van der Waals surface area (Å²) in [6.45, 7) is 18.0. The molecule has 0 aromatic carbocycles. The Hall–Kier alpha value is -1.58. The van der Waals surface area contributed by atoms with Crippen molar-refractivity contribution in [1.29, 1.82) is 0 Å². The molecule has 4 heteroatoms. The van der Waals surface area contributed by atoms with Crippen LogP contribution in [-0.2, 0) is 19.1 Å². The highest BCUT2D eigenvalue weighted by Gasteiger charge is 2.07. The molecule has 0 rings (SSSR count). The molecule has 0 N–H and O–H groups in total. The van der Waals surface area contributed by atoms with Gasteiger partial charge in [0.1, 0.15) is 0 Å². The number of hydrogen-bond acceptors (Lipinski definition) is 4. The Labute approximate surface area is 186 Å². The molecule has 0 aromatic rings. The standard InChI is InChI=1S/2C13H24O2/c1-5-6-7-8-9-12(4)10-15-13(14)11(2)3;1-4-5-6-7-8-9-10-11-15-13(14)12(2)3/h12H,2,5-10H2,1,3-4H3;2,4-11H2,1,3H3. The van der Waals surface area contributed by atoms with E-state index in [1.807, 2.05) is 0 Å². The zero-order chi connectivity index (χ0) is 23.2. The van der Waals surface area contributed by atoms with Crippen LogP contribution in [0.2, 0.25) is 0 Å². The van der Waals surface area contributed by atoms with Gasteiger partial charge < -0.3 is 9.47 Å². The lowest BCUT2D eigenvalue weighted by Gasteiger charge is -2.11. The molecule has 0 saturated heterocycles. The molecule has 0 radical (unpaired) electrons. The summed E-state index contributed by atoms with van der Waals surface area (Å²) < 4.78 is 10.1. The quantitative estimate of drug-likeness (QED) is 0.137. The van der Waals surface area contributed by atoms with Crippen molar-refractivity contribution in [2.24, 2.45) is 5.92 Å². The third-order valence-corrected chi connectivity index (χ3v) is 4.73. The molecule has 0 amide bonds. The lowest BCUT2D eigenvalue weighted by Crippen LogP contribution is -2.12.